The molecule has 0 saturated heterocycles. The van der Waals surface area contributed by atoms with Gasteiger partial charge < -0.3 is 9.84 Å². The van der Waals surface area contributed by atoms with Gasteiger partial charge in [-0.1, -0.05) is 38.5 Å². The maximum Gasteiger partial charge on any atom is 0.320 e. The van der Waals surface area contributed by atoms with Crippen LogP contribution in [0.25, 0.3) is 0 Å². The number of carbonyl (C=O) groups excluding carboxylic acids is 1. The number of esters is 1. The standard InChI is InChI=1S/C15H21NO4/c1-4-10(2)14(15(18)19)16-9-12-7-5-6-8-13(12)20-11(3)17/h5-8,10,14,16H,4,9H2,1-3H3,(H,18,19). The van der Waals surface area contributed by atoms with Crippen molar-refractivity contribution in [2.45, 2.75) is 39.8 Å². The van der Waals surface area contributed by atoms with Crippen LogP contribution in [-0.2, 0) is 16.1 Å². The van der Waals surface area contributed by atoms with Gasteiger partial charge in [-0.25, -0.2) is 0 Å². The quantitative estimate of drug-likeness (QED) is 0.591. The van der Waals surface area contributed by atoms with Gasteiger partial charge in [0.15, 0.2) is 0 Å². The first-order valence-electron chi connectivity index (χ1n) is 6.68. The second kappa shape index (κ2) is 7.65. The fourth-order valence-corrected chi connectivity index (χ4v) is 1.89. The molecule has 0 aromatic heterocycles. The van der Waals surface area contributed by atoms with E-state index >= 15 is 0 Å². The second-order valence-corrected chi connectivity index (χ2v) is 4.78. The Labute approximate surface area is 118 Å². The van der Waals surface area contributed by atoms with E-state index in [0.29, 0.717) is 12.3 Å². The first kappa shape index (κ1) is 16.2. The second-order valence-electron chi connectivity index (χ2n) is 4.78. The van der Waals surface area contributed by atoms with Crippen molar-refractivity contribution in [1.82, 2.24) is 5.32 Å². The normalized spacial score (nSPS) is 13.6. The number of rotatable bonds is 7. The minimum Gasteiger partial charge on any atom is -0.480 e. The summed E-state index contributed by atoms with van der Waals surface area (Å²) < 4.78 is 5.10. The zero-order valence-electron chi connectivity index (χ0n) is 12.1. The molecular weight excluding hydrogens is 258 g/mol. The Hall–Kier alpha value is -1.88. The molecule has 1 aromatic rings. The third kappa shape index (κ3) is 4.66. The van der Waals surface area contributed by atoms with E-state index in [4.69, 9.17) is 4.74 Å². The van der Waals surface area contributed by atoms with Gasteiger partial charge in [0, 0.05) is 19.0 Å². The molecule has 0 amide bonds. The van der Waals surface area contributed by atoms with Gasteiger partial charge in [-0.05, 0) is 12.0 Å². The van der Waals surface area contributed by atoms with Crippen LogP contribution in [0.15, 0.2) is 24.3 Å². The third-order valence-corrected chi connectivity index (χ3v) is 3.22. The van der Waals surface area contributed by atoms with Gasteiger partial charge in [0.2, 0.25) is 0 Å². The lowest BCUT2D eigenvalue weighted by Crippen LogP contribution is -2.41. The zero-order chi connectivity index (χ0) is 15.1. The van der Waals surface area contributed by atoms with E-state index in [1.165, 1.54) is 6.92 Å². The fraction of sp³-hybridized carbons (Fsp3) is 0.467. The molecule has 5 heteroatoms. The number of carboxylic acid groups (broad SMARTS) is 1. The van der Waals surface area contributed by atoms with E-state index in [1.54, 1.807) is 18.2 Å². The SMILES string of the molecule is CCC(C)C(NCc1ccccc1OC(C)=O)C(=O)O. The average molecular weight is 279 g/mol. The van der Waals surface area contributed by atoms with Gasteiger partial charge in [-0.15, -0.1) is 0 Å². The lowest BCUT2D eigenvalue weighted by molar-refractivity contribution is -0.141. The molecule has 0 saturated carbocycles. The number of para-hydroxylation sites is 1. The summed E-state index contributed by atoms with van der Waals surface area (Å²) in [5.41, 5.74) is 0.761. The number of ether oxygens (including phenoxy) is 1. The predicted octanol–water partition coefficient (Wildman–Crippen LogP) is 2.20. The van der Waals surface area contributed by atoms with Crippen LogP contribution in [0.3, 0.4) is 0 Å². The van der Waals surface area contributed by atoms with E-state index in [0.717, 1.165) is 12.0 Å². The highest BCUT2D eigenvalue weighted by Gasteiger charge is 2.23. The average Bonchev–Trinajstić information content (AvgIpc) is 2.39. The third-order valence-electron chi connectivity index (χ3n) is 3.22. The van der Waals surface area contributed by atoms with E-state index in [-0.39, 0.29) is 5.92 Å². The Morgan fingerprint density at radius 1 is 1.35 bits per heavy atom. The topological polar surface area (TPSA) is 75.6 Å². The molecule has 2 atom stereocenters. The minimum atomic E-state index is -0.871. The molecule has 2 unspecified atom stereocenters. The van der Waals surface area contributed by atoms with Crippen LogP contribution >= 0.6 is 0 Å². The van der Waals surface area contributed by atoms with Crippen LogP contribution < -0.4 is 10.1 Å². The monoisotopic (exact) mass is 279 g/mol. The van der Waals surface area contributed by atoms with Gasteiger partial charge >= 0.3 is 11.9 Å². The van der Waals surface area contributed by atoms with Crippen molar-refractivity contribution in [2.24, 2.45) is 5.92 Å². The molecule has 1 aromatic carbocycles. The largest absolute Gasteiger partial charge is 0.480 e. The van der Waals surface area contributed by atoms with Gasteiger partial charge in [-0.2, -0.15) is 0 Å². The summed E-state index contributed by atoms with van der Waals surface area (Å²) in [5, 5.41) is 12.2. The molecule has 0 radical (unpaired) electrons. The number of carbonyl (C=O) groups is 2. The fourth-order valence-electron chi connectivity index (χ4n) is 1.89. The van der Waals surface area contributed by atoms with E-state index in [1.807, 2.05) is 19.9 Å². The Morgan fingerprint density at radius 2 is 2.00 bits per heavy atom. The number of hydrogen-bond donors (Lipinski definition) is 2. The smallest absolute Gasteiger partial charge is 0.320 e. The summed E-state index contributed by atoms with van der Waals surface area (Å²) in [7, 11) is 0. The Balaban J connectivity index is 2.77. The zero-order valence-corrected chi connectivity index (χ0v) is 12.1. The summed E-state index contributed by atoms with van der Waals surface area (Å²) in [6, 6.07) is 6.47. The number of nitrogens with one attached hydrogen (secondary N) is 1. The molecule has 0 fully saturated rings. The minimum absolute atomic E-state index is 0.0217. The number of benzene rings is 1. The van der Waals surface area contributed by atoms with Crippen LogP contribution in [0.1, 0.15) is 32.8 Å². The van der Waals surface area contributed by atoms with Crippen molar-refractivity contribution < 1.29 is 19.4 Å². The molecule has 1 rings (SSSR count). The summed E-state index contributed by atoms with van der Waals surface area (Å²) in [4.78, 5) is 22.3. The molecule has 0 aliphatic heterocycles. The molecule has 0 heterocycles. The van der Waals surface area contributed by atoms with Gasteiger partial charge in [-0.3, -0.25) is 14.9 Å². The molecule has 0 spiro atoms. The van der Waals surface area contributed by atoms with Crippen molar-refractivity contribution >= 4 is 11.9 Å². The summed E-state index contributed by atoms with van der Waals surface area (Å²) >= 11 is 0. The van der Waals surface area contributed by atoms with Crippen LogP contribution in [-0.4, -0.2) is 23.1 Å². The summed E-state index contributed by atoms with van der Waals surface area (Å²) in [6.45, 7) is 5.52. The molecule has 5 nitrogen and oxygen atoms in total. The molecular formula is C15H21NO4. The van der Waals surface area contributed by atoms with Crippen molar-refractivity contribution in [3.8, 4) is 5.75 Å². The van der Waals surface area contributed by atoms with Gasteiger partial charge in [0.25, 0.3) is 0 Å². The lowest BCUT2D eigenvalue weighted by atomic mass is 9.99. The summed E-state index contributed by atoms with van der Waals surface area (Å²) in [6.07, 6.45) is 0.773. The molecule has 110 valence electrons. The van der Waals surface area contributed by atoms with Crippen molar-refractivity contribution in [3.05, 3.63) is 29.8 Å². The maximum absolute atomic E-state index is 11.2. The van der Waals surface area contributed by atoms with Crippen molar-refractivity contribution in [1.29, 1.82) is 0 Å². The molecule has 0 bridgehead atoms. The van der Waals surface area contributed by atoms with Crippen LogP contribution in [0.2, 0.25) is 0 Å². The van der Waals surface area contributed by atoms with Crippen LogP contribution in [0.4, 0.5) is 0 Å². The highest BCUT2D eigenvalue weighted by atomic mass is 16.5. The van der Waals surface area contributed by atoms with E-state index in [2.05, 4.69) is 5.32 Å². The van der Waals surface area contributed by atoms with Crippen LogP contribution in [0, 0.1) is 5.92 Å². The van der Waals surface area contributed by atoms with Gasteiger partial charge in [0.1, 0.15) is 11.8 Å². The molecule has 0 aliphatic carbocycles. The number of hydrogen-bond acceptors (Lipinski definition) is 4. The van der Waals surface area contributed by atoms with Crippen molar-refractivity contribution in [2.75, 3.05) is 0 Å². The van der Waals surface area contributed by atoms with Gasteiger partial charge in [0.05, 0.1) is 0 Å². The highest BCUT2D eigenvalue weighted by Crippen LogP contribution is 2.19. The first-order chi connectivity index (χ1) is 9.45. The lowest BCUT2D eigenvalue weighted by Gasteiger charge is -2.20. The molecule has 2 N–H and O–H groups in total. The number of aliphatic carboxylic acids is 1. The van der Waals surface area contributed by atoms with Crippen LogP contribution in [0.5, 0.6) is 5.75 Å². The van der Waals surface area contributed by atoms with E-state index in [9.17, 15) is 14.7 Å². The summed E-state index contributed by atoms with van der Waals surface area (Å²) in [5.74, 6) is -0.785. The van der Waals surface area contributed by atoms with E-state index < -0.39 is 18.0 Å². The molecule has 0 aliphatic rings. The Morgan fingerprint density at radius 3 is 2.55 bits per heavy atom. The maximum atomic E-state index is 11.2. The first-order valence-corrected chi connectivity index (χ1v) is 6.68. The Bertz CT molecular complexity index is 473. The number of carboxylic acids is 1. The molecule has 20 heavy (non-hydrogen) atoms. The highest BCUT2D eigenvalue weighted by molar-refractivity contribution is 5.74. The Kier molecular flexibility index (Phi) is 6.18. The van der Waals surface area contributed by atoms with Crippen molar-refractivity contribution in [3.63, 3.8) is 0 Å². The predicted molar refractivity (Wildman–Crippen MR) is 75.5 cm³/mol.